The van der Waals surface area contributed by atoms with Gasteiger partial charge >= 0.3 is 0 Å². The van der Waals surface area contributed by atoms with Crippen molar-refractivity contribution in [1.82, 2.24) is 0 Å². The summed E-state index contributed by atoms with van der Waals surface area (Å²) >= 11 is 0. The molecule has 6 rings (SSSR count). The zero-order valence-corrected chi connectivity index (χ0v) is 20.3. The highest BCUT2D eigenvalue weighted by molar-refractivity contribution is 7.65. The molecule has 6 heteroatoms. The highest BCUT2D eigenvalue weighted by Crippen LogP contribution is 2.47. The number of fused-ring (bicyclic) bond motifs is 4. The molecule has 0 saturated carbocycles. The molecule has 0 fully saturated rings. The van der Waals surface area contributed by atoms with Crippen LogP contribution in [0.3, 0.4) is 0 Å². The second-order valence-electron chi connectivity index (χ2n) is 8.56. The van der Waals surface area contributed by atoms with E-state index < -0.39 is 0 Å². The van der Waals surface area contributed by atoms with E-state index in [4.69, 9.17) is 18.9 Å². The minimum absolute atomic E-state index is 0.278. The van der Waals surface area contributed by atoms with Crippen molar-refractivity contribution >= 4 is 48.0 Å². The van der Waals surface area contributed by atoms with Crippen LogP contribution in [0.2, 0.25) is 0 Å². The SMILES string of the molecule is CP(C)c1ccc2cc3c(cc2c1-c1c(P(C)C)ccc2cc4c(cc12)OCO4)OCO3. The van der Waals surface area contributed by atoms with Crippen LogP contribution < -0.4 is 29.6 Å². The molecule has 0 amide bonds. The van der Waals surface area contributed by atoms with E-state index in [1.165, 1.54) is 43.3 Å². The van der Waals surface area contributed by atoms with Gasteiger partial charge in [0.15, 0.2) is 23.0 Å². The lowest BCUT2D eigenvalue weighted by Gasteiger charge is -2.23. The first-order valence-electron chi connectivity index (χ1n) is 10.6. The van der Waals surface area contributed by atoms with Crippen molar-refractivity contribution in [2.45, 2.75) is 0 Å². The van der Waals surface area contributed by atoms with Gasteiger partial charge in [0, 0.05) is 0 Å². The molecular formula is C26H24O4P2. The van der Waals surface area contributed by atoms with E-state index in [1.54, 1.807) is 0 Å². The van der Waals surface area contributed by atoms with Crippen LogP contribution in [-0.2, 0) is 0 Å². The van der Waals surface area contributed by atoms with Gasteiger partial charge in [0.2, 0.25) is 13.6 Å². The van der Waals surface area contributed by atoms with Crippen molar-refractivity contribution in [2.75, 3.05) is 40.2 Å². The van der Waals surface area contributed by atoms with Gasteiger partial charge in [0.1, 0.15) is 0 Å². The Morgan fingerprint density at radius 1 is 0.531 bits per heavy atom. The maximum absolute atomic E-state index is 5.77. The summed E-state index contributed by atoms with van der Waals surface area (Å²) in [5, 5.41) is 7.57. The Morgan fingerprint density at radius 3 is 1.28 bits per heavy atom. The van der Waals surface area contributed by atoms with Gasteiger partial charge in [-0.15, -0.1) is 0 Å². The molecule has 4 nitrogen and oxygen atoms in total. The Labute approximate surface area is 189 Å². The summed E-state index contributed by atoms with van der Waals surface area (Å²) < 4.78 is 22.9. The van der Waals surface area contributed by atoms with Crippen molar-refractivity contribution < 1.29 is 18.9 Å². The molecule has 2 aliphatic heterocycles. The fourth-order valence-electron chi connectivity index (χ4n) is 4.68. The van der Waals surface area contributed by atoms with E-state index in [2.05, 4.69) is 75.2 Å². The van der Waals surface area contributed by atoms with E-state index in [9.17, 15) is 0 Å². The minimum atomic E-state index is -0.332. The summed E-state index contributed by atoms with van der Waals surface area (Å²) in [6.45, 7) is 9.86. The normalized spacial score (nSPS) is 14.3. The van der Waals surface area contributed by atoms with Crippen LogP contribution >= 0.6 is 15.8 Å². The number of benzene rings is 4. The fourth-order valence-corrected chi connectivity index (χ4v) is 6.78. The third-order valence-electron chi connectivity index (χ3n) is 6.20. The van der Waals surface area contributed by atoms with Crippen molar-refractivity contribution in [3.05, 3.63) is 48.5 Å². The Bertz CT molecular complexity index is 1290. The van der Waals surface area contributed by atoms with Crippen molar-refractivity contribution in [3.63, 3.8) is 0 Å². The molecule has 0 spiro atoms. The van der Waals surface area contributed by atoms with E-state index >= 15 is 0 Å². The number of ether oxygens (including phenoxy) is 4. The molecule has 2 aliphatic rings. The topological polar surface area (TPSA) is 36.9 Å². The fraction of sp³-hybridized carbons (Fsp3) is 0.231. The van der Waals surface area contributed by atoms with Crippen molar-refractivity contribution in [3.8, 4) is 34.1 Å². The van der Waals surface area contributed by atoms with Crippen LogP contribution in [0.5, 0.6) is 23.0 Å². The zero-order valence-electron chi connectivity index (χ0n) is 18.6. The van der Waals surface area contributed by atoms with Crippen LogP contribution in [0.1, 0.15) is 0 Å². The number of rotatable bonds is 3. The van der Waals surface area contributed by atoms with E-state index in [0.717, 1.165) is 23.0 Å². The standard InChI is InChI=1S/C26H24O4P2/c1-31(2)23-7-5-15-9-19-21(29-13-27-19)11-17(15)25(23)26-18-12-22-20(28-14-30-22)10-16(18)6-8-24(26)32(3)4/h5-12H,13-14H2,1-4H3. The largest absolute Gasteiger partial charge is 0.454 e. The van der Waals surface area contributed by atoms with Gasteiger partial charge in [-0.25, -0.2) is 0 Å². The zero-order chi connectivity index (χ0) is 22.0. The van der Waals surface area contributed by atoms with Crippen LogP contribution in [0.4, 0.5) is 0 Å². The molecule has 0 saturated heterocycles. The highest BCUT2D eigenvalue weighted by atomic mass is 31.1. The van der Waals surface area contributed by atoms with Crippen LogP contribution in [0.15, 0.2) is 48.5 Å². The second-order valence-corrected chi connectivity index (χ2v) is 13.1. The van der Waals surface area contributed by atoms with Gasteiger partial charge in [0.05, 0.1) is 0 Å². The van der Waals surface area contributed by atoms with Gasteiger partial charge in [0.25, 0.3) is 0 Å². The molecule has 0 unspecified atom stereocenters. The van der Waals surface area contributed by atoms with E-state index in [0.29, 0.717) is 0 Å². The predicted molar refractivity (Wildman–Crippen MR) is 136 cm³/mol. The first-order chi connectivity index (χ1) is 15.5. The monoisotopic (exact) mass is 462 g/mol. The summed E-state index contributed by atoms with van der Waals surface area (Å²) in [5.41, 5.74) is 2.63. The van der Waals surface area contributed by atoms with Crippen molar-refractivity contribution in [1.29, 1.82) is 0 Å². The maximum atomic E-state index is 5.77. The third kappa shape index (κ3) is 3.04. The molecule has 0 aliphatic carbocycles. The Balaban J connectivity index is 1.77. The first-order valence-corrected chi connectivity index (χ1v) is 15.1. The van der Waals surface area contributed by atoms with Crippen molar-refractivity contribution in [2.24, 2.45) is 0 Å². The lowest BCUT2D eigenvalue weighted by Crippen LogP contribution is -2.12. The molecule has 4 aromatic carbocycles. The molecule has 0 N–H and O–H groups in total. The molecular weight excluding hydrogens is 438 g/mol. The van der Waals surface area contributed by atoms with Gasteiger partial charge < -0.3 is 18.9 Å². The smallest absolute Gasteiger partial charge is 0.231 e. The van der Waals surface area contributed by atoms with Gasteiger partial charge in [-0.1, -0.05) is 40.1 Å². The highest BCUT2D eigenvalue weighted by Gasteiger charge is 2.24. The van der Waals surface area contributed by atoms with Gasteiger partial charge in [-0.3, -0.25) is 0 Å². The summed E-state index contributed by atoms with van der Waals surface area (Å²) in [5.74, 6) is 3.28. The first kappa shape index (κ1) is 20.1. The minimum Gasteiger partial charge on any atom is -0.454 e. The number of hydrogen-bond donors (Lipinski definition) is 0. The summed E-state index contributed by atoms with van der Waals surface area (Å²) in [6, 6.07) is 17.6. The maximum Gasteiger partial charge on any atom is 0.231 e. The molecule has 4 aromatic rings. The second kappa shape index (κ2) is 7.51. The molecule has 32 heavy (non-hydrogen) atoms. The average molecular weight is 462 g/mol. The lowest BCUT2D eigenvalue weighted by atomic mass is 9.93. The molecule has 2 heterocycles. The van der Waals surface area contributed by atoms with Gasteiger partial charge in [-0.05, 0) is 94.2 Å². The van der Waals surface area contributed by atoms with Crippen LogP contribution in [-0.4, -0.2) is 40.2 Å². The van der Waals surface area contributed by atoms with Crippen LogP contribution in [0.25, 0.3) is 32.7 Å². The lowest BCUT2D eigenvalue weighted by molar-refractivity contribution is 0.173. The molecule has 0 atom stereocenters. The Kier molecular flexibility index (Phi) is 4.72. The van der Waals surface area contributed by atoms with E-state index in [-0.39, 0.29) is 29.4 Å². The summed E-state index contributed by atoms with van der Waals surface area (Å²) in [6.07, 6.45) is 0. The summed E-state index contributed by atoms with van der Waals surface area (Å²) in [7, 11) is -0.664. The average Bonchev–Trinajstić information content (AvgIpc) is 3.42. The van der Waals surface area contributed by atoms with E-state index in [1.807, 2.05) is 0 Å². The van der Waals surface area contributed by atoms with Crippen LogP contribution in [0, 0.1) is 0 Å². The number of hydrogen-bond acceptors (Lipinski definition) is 4. The molecule has 0 bridgehead atoms. The Hall–Kier alpha value is -2.54. The quantitative estimate of drug-likeness (QED) is 0.358. The molecule has 0 aromatic heterocycles. The Morgan fingerprint density at radius 2 is 0.906 bits per heavy atom. The predicted octanol–water partition coefficient (Wildman–Crippen LogP) is 5.85. The molecule has 0 radical (unpaired) electrons. The van der Waals surface area contributed by atoms with Gasteiger partial charge in [-0.2, -0.15) is 0 Å². The third-order valence-corrected chi connectivity index (χ3v) is 8.87. The summed E-state index contributed by atoms with van der Waals surface area (Å²) in [4.78, 5) is 0. The molecule has 162 valence electrons.